The van der Waals surface area contributed by atoms with Gasteiger partial charge < -0.3 is 4.57 Å². The highest BCUT2D eigenvalue weighted by Gasteiger charge is 2.20. The first kappa shape index (κ1) is 19.2. The fourth-order valence-corrected chi connectivity index (χ4v) is 4.07. The van der Waals surface area contributed by atoms with Gasteiger partial charge >= 0.3 is 0 Å². The van der Waals surface area contributed by atoms with Crippen molar-refractivity contribution in [1.82, 2.24) is 14.5 Å². The van der Waals surface area contributed by atoms with Gasteiger partial charge in [-0.2, -0.15) is 0 Å². The van der Waals surface area contributed by atoms with E-state index in [1.807, 2.05) is 10.8 Å². The summed E-state index contributed by atoms with van der Waals surface area (Å²) in [6.45, 7) is 1.17. The minimum absolute atomic E-state index is 0.135. The Hall–Kier alpha value is -3.13. The second-order valence-electron chi connectivity index (χ2n) is 6.61. The van der Waals surface area contributed by atoms with E-state index >= 15 is 0 Å². The predicted molar refractivity (Wildman–Crippen MR) is 109 cm³/mol. The summed E-state index contributed by atoms with van der Waals surface area (Å²) in [5, 5.41) is 0.531. The zero-order valence-corrected chi connectivity index (χ0v) is 16.3. The zero-order valence-electron chi connectivity index (χ0n) is 15.5. The highest BCUT2D eigenvalue weighted by Crippen LogP contribution is 2.30. The average molecular weight is 412 g/mol. The molecule has 0 bridgehead atoms. The summed E-state index contributed by atoms with van der Waals surface area (Å²) in [5.74, 6) is -0.814. The number of amides is 1. The molecule has 0 saturated carbocycles. The summed E-state index contributed by atoms with van der Waals surface area (Å²) >= 11 is 1.28. The standard InChI is InChI=1S/C21H18F2N4OS/c22-16-4-2-15(3-5-16)12-20(28)27(10-1-9-26-11-8-24-14-26)21-25-18-7-6-17(23)13-19(18)29-21/h2-8,11,13-14H,1,9-10,12H2. The number of rotatable bonds is 7. The molecule has 0 radical (unpaired) electrons. The predicted octanol–water partition coefficient (Wildman–Crippen LogP) is 4.44. The monoisotopic (exact) mass is 412 g/mol. The number of imidazole rings is 1. The molecule has 8 heteroatoms. The van der Waals surface area contributed by atoms with Gasteiger partial charge in [0.25, 0.3) is 0 Å². The third kappa shape index (κ3) is 4.65. The van der Waals surface area contributed by atoms with Gasteiger partial charge in [-0.3, -0.25) is 9.69 Å². The van der Waals surface area contributed by atoms with E-state index in [1.54, 1.807) is 35.6 Å². The molecule has 2 aromatic heterocycles. The van der Waals surface area contributed by atoms with Crippen LogP contribution >= 0.6 is 11.3 Å². The number of aromatic nitrogens is 3. The fourth-order valence-electron chi connectivity index (χ4n) is 3.03. The van der Waals surface area contributed by atoms with Crippen LogP contribution in [0.4, 0.5) is 13.9 Å². The lowest BCUT2D eigenvalue weighted by Crippen LogP contribution is -2.33. The first-order valence-corrected chi connectivity index (χ1v) is 9.97. The number of carbonyl (C=O) groups excluding carboxylic acids is 1. The largest absolute Gasteiger partial charge is 0.337 e. The van der Waals surface area contributed by atoms with E-state index in [1.165, 1.54) is 35.6 Å². The van der Waals surface area contributed by atoms with Gasteiger partial charge in [0.05, 0.1) is 23.0 Å². The molecule has 1 amide bonds. The zero-order chi connectivity index (χ0) is 20.2. The summed E-state index contributed by atoms with van der Waals surface area (Å²) in [5.41, 5.74) is 1.38. The van der Waals surface area contributed by atoms with Crippen molar-refractivity contribution in [2.45, 2.75) is 19.4 Å². The molecule has 0 atom stereocenters. The summed E-state index contributed by atoms with van der Waals surface area (Å²) in [4.78, 5) is 23.2. The maximum atomic E-state index is 13.5. The highest BCUT2D eigenvalue weighted by molar-refractivity contribution is 7.22. The Labute approximate surface area is 170 Å². The quantitative estimate of drug-likeness (QED) is 0.451. The molecule has 5 nitrogen and oxygen atoms in total. The smallest absolute Gasteiger partial charge is 0.233 e. The number of hydrogen-bond donors (Lipinski definition) is 0. The summed E-state index contributed by atoms with van der Waals surface area (Å²) in [6, 6.07) is 10.3. The first-order chi connectivity index (χ1) is 14.1. The van der Waals surface area contributed by atoms with Gasteiger partial charge in [0, 0.05) is 25.5 Å². The second kappa shape index (κ2) is 8.48. The van der Waals surface area contributed by atoms with Crippen molar-refractivity contribution in [2.24, 2.45) is 0 Å². The lowest BCUT2D eigenvalue weighted by Gasteiger charge is -2.20. The molecule has 0 N–H and O–H groups in total. The van der Waals surface area contributed by atoms with Crippen molar-refractivity contribution in [1.29, 1.82) is 0 Å². The molecule has 2 heterocycles. The average Bonchev–Trinajstić information content (AvgIpc) is 3.36. The minimum atomic E-state index is -0.341. The molecule has 4 rings (SSSR count). The van der Waals surface area contributed by atoms with Crippen LogP contribution in [0, 0.1) is 11.6 Å². The number of anilines is 1. The number of nitrogens with zero attached hydrogens (tertiary/aromatic N) is 4. The first-order valence-electron chi connectivity index (χ1n) is 9.15. The van der Waals surface area contributed by atoms with Crippen LogP contribution in [-0.4, -0.2) is 27.0 Å². The van der Waals surface area contributed by atoms with E-state index in [-0.39, 0.29) is 24.0 Å². The maximum absolute atomic E-state index is 13.5. The molecule has 0 spiro atoms. The van der Waals surface area contributed by atoms with Gasteiger partial charge in [-0.25, -0.2) is 18.7 Å². The molecule has 0 aliphatic heterocycles. The van der Waals surface area contributed by atoms with Crippen LogP contribution in [0.15, 0.2) is 61.2 Å². The number of benzene rings is 2. The van der Waals surface area contributed by atoms with Crippen molar-refractivity contribution in [3.8, 4) is 0 Å². The summed E-state index contributed by atoms with van der Waals surface area (Å²) in [7, 11) is 0. The van der Waals surface area contributed by atoms with Crippen LogP contribution in [0.3, 0.4) is 0 Å². The van der Waals surface area contributed by atoms with E-state index in [0.29, 0.717) is 34.9 Å². The number of thiazole rings is 1. The molecule has 0 fully saturated rings. The Kier molecular flexibility index (Phi) is 5.62. The van der Waals surface area contributed by atoms with Gasteiger partial charge in [0.15, 0.2) is 5.13 Å². The second-order valence-corrected chi connectivity index (χ2v) is 7.62. The number of halogens is 2. The molecule has 4 aromatic rings. The van der Waals surface area contributed by atoms with E-state index < -0.39 is 0 Å². The topological polar surface area (TPSA) is 51.0 Å². The van der Waals surface area contributed by atoms with Crippen LogP contribution in [0.1, 0.15) is 12.0 Å². The lowest BCUT2D eigenvalue weighted by molar-refractivity contribution is -0.118. The molecule has 0 unspecified atom stereocenters. The molecule has 29 heavy (non-hydrogen) atoms. The molecule has 148 valence electrons. The number of fused-ring (bicyclic) bond motifs is 1. The van der Waals surface area contributed by atoms with Gasteiger partial charge in [-0.1, -0.05) is 23.5 Å². The van der Waals surface area contributed by atoms with Crippen LogP contribution < -0.4 is 4.90 Å². The Balaban J connectivity index is 1.56. The number of carbonyl (C=O) groups is 1. The number of aryl methyl sites for hydroxylation is 1. The van der Waals surface area contributed by atoms with Gasteiger partial charge in [-0.05, 0) is 42.3 Å². The third-order valence-electron chi connectivity index (χ3n) is 4.50. The normalized spacial score (nSPS) is 11.1. The summed E-state index contributed by atoms with van der Waals surface area (Å²) in [6.07, 6.45) is 6.14. The Morgan fingerprint density at radius 3 is 2.66 bits per heavy atom. The van der Waals surface area contributed by atoms with Crippen LogP contribution in [-0.2, 0) is 17.8 Å². The van der Waals surface area contributed by atoms with E-state index in [9.17, 15) is 13.6 Å². The van der Waals surface area contributed by atoms with Crippen molar-refractivity contribution in [3.05, 3.63) is 78.4 Å². The van der Waals surface area contributed by atoms with Crippen molar-refractivity contribution >= 4 is 32.6 Å². The van der Waals surface area contributed by atoms with Crippen molar-refractivity contribution in [3.63, 3.8) is 0 Å². The minimum Gasteiger partial charge on any atom is -0.337 e. The van der Waals surface area contributed by atoms with Gasteiger partial charge in [0.2, 0.25) is 5.91 Å². The Bertz CT molecular complexity index is 1110. The number of hydrogen-bond acceptors (Lipinski definition) is 4. The molecule has 0 saturated heterocycles. The molecule has 0 aliphatic carbocycles. The Morgan fingerprint density at radius 1 is 1.10 bits per heavy atom. The highest BCUT2D eigenvalue weighted by atomic mass is 32.1. The molecule has 2 aromatic carbocycles. The van der Waals surface area contributed by atoms with Crippen molar-refractivity contribution in [2.75, 3.05) is 11.4 Å². The van der Waals surface area contributed by atoms with Crippen molar-refractivity contribution < 1.29 is 13.6 Å². The van der Waals surface area contributed by atoms with E-state index in [4.69, 9.17) is 0 Å². The van der Waals surface area contributed by atoms with Crippen LogP contribution in [0.2, 0.25) is 0 Å². The SMILES string of the molecule is O=C(Cc1ccc(F)cc1)N(CCCn1ccnc1)c1nc2ccc(F)cc2s1. The molecular formula is C21H18F2N4OS. The van der Waals surface area contributed by atoms with Gasteiger partial charge in [0.1, 0.15) is 11.6 Å². The summed E-state index contributed by atoms with van der Waals surface area (Å²) < 4.78 is 29.3. The lowest BCUT2D eigenvalue weighted by atomic mass is 10.1. The van der Waals surface area contributed by atoms with Gasteiger partial charge in [-0.15, -0.1) is 0 Å². The van der Waals surface area contributed by atoms with Crippen LogP contribution in [0.25, 0.3) is 10.2 Å². The Morgan fingerprint density at radius 2 is 1.90 bits per heavy atom. The van der Waals surface area contributed by atoms with E-state index in [2.05, 4.69) is 9.97 Å². The molecule has 0 aliphatic rings. The third-order valence-corrected chi connectivity index (χ3v) is 5.54. The van der Waals surface area contributed by atoms with Crippen LogP contribution in [0.5, 0.6) is 0 Å². The molecular weight excluding hydrogens is 394 g/mol. The fraction of sp³-hybridized carbons (Fsp3) is 0.190. The maximum Gasteiger partial charge on any atom is 0.233 e. The van der Waals surface area contributed by atoms with E-state index in [0.717, 1.165) is 5.56 Å².